The molecule has 0 unspecified atom stereocenters. The van der Waals surface area contributed by atoms with Crippen LogP contribution < -0.4 is 5.73 Å². The van der Waals surface area contributed by atoms with Gasteiger partial charge >= 0.3 is 0 Å². The number of aryl methyl sites for hydroxylation is 2. The molecule has 0 atom stereocenters. The molecule has 0 saturated heterocycles. The molecule has 2 N–H and O–H groups in total. The molecule has 0 fully saturated rings. The van der Waals surface area contributed by atoms with Crippen molar-refractivity contribution in [2.45, 2.75) is 13.8 Å². The summed E-state index contributed by atoms with van der Waals surface area (Å²) in [5.74, 6) is 0.584. The lowest BCUT2D eigenvalue weighted by Gasteiger charge is -2.04. The first-order chi connectivity index (χ1) is 6.18. The molecule has 0 aliphatic heterocycles. The van der Waals surface area contributed by atoms with Crippen LogP contribution in [0.25, 0.3) is 10.9 Å². The summed E-state index contributed by atoms with van der Waals surface area (Å²) >= 11 is 0. The minimum Gasteiger partial charge on any atom is -0.384 e. The number of anilines is 1. The van der Waals surface area contributed by atoms with E-state index in [9.17, 15) is 0 Å². The molecular weight excluding hydrogens is 160 g/mol. The van der Waals surface area contributed by atoms with Gasteiger partial charge < -0.3 is 5.73 Å². The number of rotatable bonds is 0. The average molecular weight is 172 g/mol. The molecule has 2 heteroatoms. The van der Waals surface area contributed by atoms with Gasteiger partial charge in [-0.1, -0.05) is 12.1 Å². The number of nitrogen functional groups attached to an aromatic ring is 1. The van der Waals surface area contributed by atoms with Gasteiger partial charge in [-0.2, -0.15) is 0 Å². The number of benzene rings is 1. The molecule has 1 aromatic carbocycles. The van der Waals surface area contributed by atoms with Crippen molar-refractivity contribution < 1.29 is 0 Å². The van der Waals surface area contributed by atoms with E-state index in [0.717, 1.165) is 10.9 Å². The van der Waals surface area contributed by atoms with Gasteiger partial charge in [-0.3, -0.25) is 0 Å². The zero-order valence-corrected chi connectivity index (χ0v) is 7.83. The Bertz CT molecular complexity index is 456. The molecule has 0 bridgehead atoms. The van der Waals surface area contributed by atoms with Crippen molar-refractivity contribution in [3.8, 4) is 0 Å². The van der Waals surface area contributed by atoms with E-state index >= 15 is 0 Å². The fourth-order valence-electron chi connectivity index (χ4n) is 1.45. The van der Waals surface area contributed by atoms with Crippen molar-refractivity contribution >= 4 is 16.7 Å². The molecule has 1 aromatic heterocycles. The van der Waals surface area contributed by atoms with Crippen LogP contribution in [-0.4, -0.2) is 4.98 Å². The van der Waals surface area contributed by atoms with Gasteiger partial charge in [0.1, 0.15) is 5.82 Å². The Kier molecular flexibility index (Phi) is 1.69. The average Bonchev–Trinajstić information content (AvgIpc) is 2.12. The van der Waals surface area contributed by atoms with E-state index in [1.807, 2.05) is 12.1 Å². The lowest BCUT2D eigenvalue weighted by atomic mass is 10.1. The maximum atomic E-state index is 5.63. The van der Waals surface area contributed by atoms with Gasteiger partial charge in [0.2, 0.25) is 0 Å². The van der Waals surface area contributed by atoms with Crippen LogP contribution >= 0.6 is 0 Å². The van der Waals surface area contributed by atoms with Crippen molar-refractivity contribution in [1.29, 1.82) is 0 Å². The second-order valence-corrected chi connectivity index (χ2v) is 3.32. The number of nitrogens with two attached hydrogens (primary N) is 1. The third-order valence-corrected chi connectivity index (χ3v) is 2.41. The summed E-state index contributed by atoms with van der Waals surface area (Å²) in [7, 11) is 0. The normalized spacial score (nSPS) is 10.6. The van der Waals surface area contributed by atoms with Crippen LogP contribution in [0.3, 0.4) is 0 Å². The monoisotopic (exact) mass is 172 g/mol. The number of fused-ring (bicyclic) bond motifs is 1. The fraction of sp³-hybridized carbons (Fsp3) is 0.182. The summed E-state index contributed by atoms with van der Waals surface area (Å²) in [6.07, 6.45) is 0. The summed E-state index contributed by atoms with van der Waals surface area (Å²) in [6.45, 7) is 4.16. The zero-order valence-electron chi connectivity index (χ0n) is 7.83. The van der Waals surface area contributed by atoms with Crippen LogP contribution in [-0.2, 0) is 0 Å². The number of pyridine rings is 1. The topological polar surface area (TPSA) is 38.9 Å². The maximum absolute atomic E-state index is 5.63. The smallest absolute Gasteiger partial charge is 0.124 e. The molecule has 0 radical (unpaired) electrons. The fourth-order valence-corrected chi connectivity index (χ4v) is 1.45. The first-order valence-corrected chi connectivity index (χ1v) is 4.31. The third-order valence-electron chi connectivity index (χ3n) is 2.41. The highest BCUT2D eigenvalue weighted by molar-refractivity contribution is 5.83. The highest BCUT2D eigenvalue weighted by Crippen LogP contribution is 2.20. The zero-order chi connectivity index (χ0) is 9.42. The summed E-state index contributed by atoms with van der Waals surface area (Å²) in [5, 5.41) is 1.15. The minimum atomic E-state index is 0.584. The Labute approximate surface area is 77.4 Å². The van der Waals surface area contributed by atoms with Gasteiger partial charge in [-0.25, -0.2) is 4.98 Å². The largest absolute Gasteiger partial charge is 0.384 e. The standard InChI is InChI=1S/C11H12N2/c1-7-3-4-9-5-6-10(12)13-11(9)8(7)2/h3-6H,1-2H3,(H2,12,13). The molecule has 2 rings (SSSR count). The van der Waals surface area contributed by atoms with Gasteiger partial charge in [0, 0.05) is 5.39 Å². The lowest BCUT2D eigenvalue weighted by Crippen LogP contribution is -1.92. The first-order valence-electron chi connectivity index (χ1n) is 4.31. The van der Waals surface area contributed by atoms with Crippen molar-refractivity contribution in [2.75, 3.05) is 5.73 Å². The molecule has 13 heavy (non-hydrogen) atoms. The molecule has 1 heterocycles. The molecule has 0 aliphatic carbocycles. The van der Waals surface area contributed by atoms with Crippen LogP contribution in [0, 0.1) is 13.8 Å². The van der Waals surface area contributed by atoms with Crippen LogP contribution in [0.1, 0.15) is 11.1 Å². The highest BCUT2D eigenvalue weighted by atomic mass is 14.8. The van der Waals surface area contributed by atoms with E-state index in [1.54, 1.807) is 0 Å². The predicted molar refractivity (Wildman–Crippen MR) is 55.6 cm³/mol. The van der Waals surface area contributed by atoms with E-state index in [-0.39, 0.29) is 0 Å². The SMILES string of the molecule is Cc1ccc2ccc(N)nc2c1C. The molecule has 0 amide bonds. The summed E-state index contributed by atoms with van der Waals surface area (Å²) in [5.41, 5.74) is 9.11. The lowest BCUT2D eigenvalue weighted by molar-refractivity contribution is 1.32. The third kappa shape index (κ3) is 1.24. The van der Waals surface area contributed by atoms with Crippen molar-refractivity contribution in [3.63, 3.8) is 0 Å². The summed E-state index contributed by atoms with van der Waals surface area (Å²) in [4.78, 5) is 4.31. The second kappa shape index (κ2) is 2.73. The van der Waals surface area contributed by atoms with Crippen LogP contribution in [0.4, 0.5) is 5.82 Å². The van der Waals surface area contributed by atoms with Crippen molar-refractivity contribution in [2.24, 2.45) is 0 Å². The van der Waals surface area contributed by atoms with Crippen LogP contribution in [0.5, 0.6) is 0 Å². The molecule has 0 spiro atoms. The second-order valence-electron chi connectivity index (χ2n) is 3.32. The number of hydrogen-bond donors (Lipinski definition) is 1. The van der Waals surface area contributed by atoms with Gasteiger partial charge in [-0.05, 0) is 37.1 Å². The Morgan fingerprint density at radius 1 is 1.08 bits per heavy atom. The van der Waals surface area contributed by atoms with Crippen molar-refractivity contribution in [1.82, 2.24) is 4.98 Å². The first kappa shape index (κ1) is 8.05. The Hall–Kier alpha value is -1.57. The van der Waals surface area contributed by atoms with Gasteiger partial charge in [0.25, 0.3) is 0 Å². The van der Waals surface area contributed by atoms with E-state index < -0.39 is 0 Å². The number of nitrogens with zero attached hydrogens (tertiary/aromatic N) is 1. The van der Waals surface area contributed by atoms with E-state index in [4.69, 9.17) is 5.73 Å². The van der Waals surface area contributed by atoms with Crippen LogP contribution in [0.15, 0.2) is 24.3 Å². The minimum absolute atomic E-state index is 0.584. The number of aromatic nitrogens is 1. The van der Waals surface area contributed by atoms with Gasteiger partial charge in [0.15, 0.2) is 0 Å². The van der Waals surface area contributed by atoms with E-state index in [2.05, 4.69) is 31.0 Å². The molecule has 0 saturated carbocycles. The van der Waals surface area contributed by atoms with Crippen LogP contribution in [0.2, 0.25) is 0 Å². The van der Waals surface area contributed by atoms with E-state index in [0.29, 0.717) is 5.82 Å². The quantitative estimate of drug-likeness (QED) is 0.662. The van der Waals surface area contributed by atoms with Gasteiger partial charge in [-0.15, -0.1) is 0 Å². The molecule has 0 aliphatic rings. The Morgan fingerprint density at radius 3 is 2.54 bits per heavy atom. The summed E-state index contributed by atoms with van der Waals surface area (Å²) < 4.78 is 0. The Morgan fingerprint density at radius 2 is 1.77 bits per heavy atom. The molecule has 2 aromatic rings. The van der Waals surface area contributed by atoms with Gasteiger partial charge in [0.05, 0.1) is 5.52 Å². The molecule has 66 valence electrons. The molecular formula is C11H12N2. The summed E-state index contributed by atoms with van der Waals surface area (Å²) in [6, 6.07) is 8.01. The highest BCUT2D eigenvalue weighted by Gasteiger charge is 2.01. The molecule has 2 nitrogen and oxygen atoms in total. The predicted octanol–water partition coefficient (Wildman–Crippen LogP) is 2.43. The number of hydrogen-bond acceptors (Lipinski definition) is 2. The van der Waals surface area contributed by atoms with E-state index in [1.165, 1.54) is 11.1 Å². The maximum Gasteiger partial charge on any atom is 0.124 e. The van der Waals surface area contributed by atoms with Crippen molar-refractivity contribution in [3.05, 3.63) is 35.4 Å². The Balaban J connectivity index is 2.89.